The van der Waals surface area contributed by atoms with Gasteiger partial charge in [0.25, 0.3) is 0 Å². The number of amides is 5. The van der Waals surface area contributed by atoms with Gasteiger partial charge in [-0.1, -0.05) is 0 Å². The van der Waals surface area contributed by atoms with Gasteiger partial charge in [0, 0.05) is 20.7 Å². The molecule has 16 heavy (non-hydrogen) atoms. The summed E-state index contributed by atoms with van der Waals surface area (Å²) < 4.78 is 5.17. The van der Waals surface area contributed by atoms with E-state index < -0.39 is 23.8 Å². The summed E-state index contributed by atoms with van der Waals surface area (Å²) >= 11 is 0. The molecule has 0 radical (unpaired) electrons. The molecule has 0 bridgehead atoms. The second-order valence-corrected chi connectivity index (χ2v) is 3.27. The average Bonchev–Trinajstić information content (AvgIpc) is 2.35. The molecule has 5 amide bonds. The Balaban J connectivity index is 3.13. The molecule has 8 heteroatoms. The number of likely N-dealkylation sites (N-methyl/N-ethyl adjacent to an activating group) is 2. The summed E-state index contributed by atoms with van der Waals surface area (Å²) in [4.78, 5) is 36.1. The van der Waals surface area contributed by atoms with E-state index in [1.165, 1.54) is 14.1 Å². The van der Waals surface area contributed by atoms with E-state index in [9.17, 15) is 14.4 Å². The highest BCUT2D eigenvalue weighted by atomic mass is 16.5. The Kier molecular flexibility index (Phi) is 3.04. The van der Waals surface area contributed by atoms with Crippen LogP contribution in [0.1, 0.15) is 6.92 Å². The van der Waals surface area contributed by atoms with Crippen LogP contribution in [-0.4, -0.2) is 54.3 Å². The zero-order valence-electron chi connectivity index (χ0n) is 9.31. The Morgan fingerprint density at radius 3 is 2.38 bits per heavy atom. The number of urea groups is 2. The molecule has 8 nitrogen and oxygen atoms in total. The van der Waals surface area contributed by atoms with Gasteiger partial charge >= 0.3 is 23.8 Å². The lowest BCUT2D eigenvalue weighted by molar-refractivity contribution is -0.167. The van der Waals surface area contributed by atoms with Crippen molar-refractivity contribution in [2.75, 3.05) is 20.7 Å². The SMILES string of the molecule is CCOC1(NC(N)=O)C(=O)N(C)C(=O)N1C. The van der Waals surface area contributed by atoms with E-state index in [4.69, 9.17) is 10.5 Å². The van der Waals surface area contributed by atoms with Crippen molar-refractivity contribution in [1.82, 2.24) is 15.1 Å². The fourth-order valence-electron chi connectivity index (χ4n) is 1.53. The number of hydrogen-bond donors (Lipinski definition) is 2. The number of imide groups is 1. The first-order valence-corrected chi connectivity index (χ1v) is 4.64. The van der Waals surface area contributed by atoms with Gasteiger partial charge < -0.3 is 10.5 Å². The maximum Gasteiger partial charge on any atom is 0.330 e. The molecule has 0 spiro atoms. The molecule has 1 heterocycles. The van der Waals surface area contributed by atoms with Gasteiger partial charge in [0.15, 0.2) is 0 Å². The molecule has 0 aromatic carbocycles. The third kappa shape index (κ3) is 1.56. The highest BCUT2D eigenvalue weighted by Crippen LogP contribution is 2.24. The van der Waals surface area contributed by atoms with Crippen LogP contribution in [-0.2, 0) is 9.53 Å². The summed E-state index contributed by atoms with van der Waals surface area (Å²) in [6.45, 7) is 1.77. The number of hydrogen-bond acceptors (Lipinski definition) is 4. The largest absolute Gasteiger partial charge is 0.352 e. The molecule has 1 aliphatic rings. The Hall–Kier alpha value is -1.83. The van der Waals surface area contributed by atoms with Crippen LogP contribution in [0.15, 0.2) is 0 Å². The number of rotatable bonds is 3. The summed E-state index contributed by atoms with van der Waals surface area (Å²) in [6, 6.07) is -1.52. The molecule has 1 aliphatic heterocycles. The summed E-state index contributed by atoms with van der Waals surface area (Å²) in [6.07, 6.45) is 0. The monoisotopic (exact) mass is 230 g/mol. The predicted molar refractivity (Wildman–Crippen MR) is 53.0 cm³/mol. The number of primary amides is 1. The van der Waals surface area contributed by atoms with Crippen molar-refractivity contribution in [3.8, 4) is 0 Å². The second-order valence-electron chi connectivity index (χ2n) is 3.27. The third-order valence-electron chi connectivity index (χ3n) is 2.29. The summed E-state index contributed by atoms with van der Waals surface area (Å²) in [5, 5.41) is 2.15. The molecule has 0 aliphatic carbocycles. The van der Waals surface area contributed by atoms with Crippen molar-refractivity contribution >= 4 is 18.0 Å². The number of ether oxygens (including phenoxy) is 1. The topological polar surface area (TPSA) is 105 Å². The maximum atomic E-state index is 11.8. The number of nitrogens with one attached hydrogen (secondary N) is 1. The molecule has 0 saturated carbocycles. The van der Waals surface area contributed by atoms with Gasteiger partial charge in [0.05, 0.1) is 0 Å². The molecule has 0 aromatic rings. The molecule has 3 N–H and O–H groups in total. The summed E-state index contributed by atoms with van der Waals surface area (Å²) in [7, 11) is 2.64. The van der Waals surface area contributed by atoms with Crippen molar-refractivity contribution in [3.05, 3.63) is 0 Å². The van der Waals surface area contributed by atoms with E-state index in [0.717, 1.165) is 9.80 Å². The van der Waals surface area contributed by atoms with Crippen molar-refractivity contribution < 1.29 is 19.1 Å². The quantitative estimate of drug-likeness (QED) is 0.472. The van der Waals surface area contributed by atoms with Crippen LogP contribution >= 0.6 is 0 Å². The Morgan fingerprint density at radius 1 is 1.50 bits per heavy atom. The first kappa shape index (κ1) is 12.2. The first-order valence-electron chi connectivity index (χ1n) is 4.64. The lowest BCUT2D eigenvalue weighted by atomic mass is 10.3. The van der Waals surface area contributed by atoms with Gasteiger partial charge in [-0.2, -0.15) is 0 Å². The van der Waals surface area contributed by atoms with Crippen molar-refractivity contribution in [3.63, 3.8) is 0 Å². The highest BCUT2D eigenvalue weighted by Gasteiger charge is 2.57. The van der Waals surface area contributed by atoms with Crippen LogP contribution < -0.4 is 11.1 Å². The van der Waals surface area contributed by atoms with Gasteiger partial charge in [-0.15, -0.1) is 0 Å². The number of carbonyl (C=O) groups is 3. The zero-order valence-corrected chi connectivity index (χ0v) is 9.31. The number of carbonyl (C=O) groups excluding carboxylic acids is 3. The molecule has 0 aromatic heterocycles. The average molecular weight is 230 g/mol. The lowest BCUT2D eigenvalue weighted by Crippen LogP contribution is -2.64. The minimum atomic E-state index is -1.83. The van der Waals surface area contributed by atoms with Gasteiger partial charge in [0.1, 0.15) is 0 Å². The van der Waals surface area contributed by atoms with E-state index in [1.807, 2.05) is 0 Å². The van der Waals surface area contributed by atoms with Crippen LogP contribution in [0.2, 0.25) is 0 Å². The number of nitrogens with zero attached hydrogens (tertiary/aromatic N) is 2. The van der Waals surface area contributed by atoms with Crippen LogP contribution in [0.4, 0.5) is 9.59 Å². The fraction of sp³-hybridized carbons (Fsp3) is 0.625. The van der Waals surface area contributed by atoms with Gasteiger partial charge in [0.2, 0.25) is 0 Å². The minimum absolute atomic E-state index is 0.136. The van der Waals surface area contributed by atoms with Crippen LogP contribution in [0.3, 0.4) is 0 Å². The molecule has 1 saturated heterocycles. The molecular formula is C8H14N4O4. The first-order chi connectivity index (χ1) is 7.36. The smallest absolute Gasteiger partial charge is 0.330 e. The molecular weight excluding hydrogens is 216 g/mol. The molecule has 1 rings (SSSR count). The summed E-state index contributed by atoms with van der Waals surface area (Å²) in [5.41, 5.74) is 4.96. The lowest BCUT2D eigenvalue weighted by Gasteiger charge is -2.31. The van der Waals surface area contributed by atoms with Crippen LogP contribution in [0.25, 0.3) is 0 Å². The molecule has 1 unspecified atom stereocenters. The Bertz CT molecular complexity index is 345. The predicted octanol–water partition coefficient (Wildman–Crippen LogP) is -1.13. The van der Waals surface area contributed by atoms with E-state index in [-0.39, 0.29) is 6.61 Å². The van der Waals surface area contributed by atoms with Crippen LogP contribution in [0.5, 0.6) is 0 Å². The Labute approximate surface area is 92.3 Å². The normalized spacial score (nSPS) is 25.2. The second kappa shape index (κ2) is 3.97. The minimum Gasteiger partial charge on any atom is -0.352 e. The Morgan fingerprint density at radius 2 is 2.06 bits per heavy atom. The highest BCUT2D eigenvalue weighted by molar-refractivity contribution is 6.06. The zero-order chi connectivity index (χ0) is 12.5. The summed E-state index contributed by atoms with van der Waals surface area (Å²) in [5.74, 6) is -2.51. The number of nitrogens with two attached hydrogens (primary N) is 1. The van der Waals surface area contributed by atoms with E-state index in [2.05, 4.69) is 5.32 Å². The van der Waals surface area contributed by atoms with Gasteiger partial charge in [-0.05, 0) is 6.92 Å². The van der Waals surface area contributed by atoms with Crippen molar-refractivity contribution in [2.45, 2.75) is 12.8 Å². The van der Waals surface area contributed by atoms with Gasteiger partial charge in [-0.3, -0.25) is 19.9 Å². The van der Waals surface area contributed by atoms with E-state index in [0.29, 0.717) is 0 Å². The van der Waals surface area contributed by atoms with E-state index >= 15 is 0 Å². The van der Waals surface area contributed by atoms with Crippen molar-refractivity contribution in [2.24, 2.45) is 5.73 Å². The fourth-order valence-corrected chi connectivity index (χ4v) is 1.53. The standard InChI is InChI=1S/C8H14N4O4/c1-4-16-8(10-6(9)14)5(13)11(2)7(15)12(8)3/h4H2,1-3H3,(H3,9,10,14). The van der Waals surface area contributed by atoms with Gasteiger partial charge in [-0.25, -0.2) is 9.59 Å². The van der Waals surface area contributed by atoms with E-state index in [1.54, 1.807) is 6.92 Å². The molecule has 1 fully saturated rings. The molecule has 90 valence electrons. The third-order valence-corrected chi connectivity index (χ3v) is 2.29. The maximum absolute atomic E-state index is 11.8. The molecule has 1 atom stereocenters. The van der Waals surface area contributed by atoms with Crippen LogP contribution in [0, 0.1) is 0 Å². The van der Waals surface area contributed by atoms with Crippen molar-refractivity contribution in [1.29, 1.82) is 0 Å².